The van der Waals surface area contributed by atoms with Crippen LogP contribution in [0.3, 0.4) is 0 Å². The Hall–Kier alpha value is -2.45. The summed E-state index contributed by atoms with van der Waals surface area (Å²) in [5, 5.41) is 2.39. The van der Waals surface area contributed by atoms with Gasteiger partial charge < -0.3 is 0 Å². The summed E-state index contributed by atoms with van der Waals surface area (Å²) < 4.78 is 2.49. The summed E-state index contributed by atoms with van der Waals surface area (Å²) >= 11 is 1.77. The van der Waals surface area contributed by atoms with Gasteiger partial charge in [0.1, 0.15) is 0 Å². The number of ketones is 1. The first-order valence-corrected chi connectivity index (χ1v) is 8.07. The Morgan fingerprint density at radius 2 is 1.55 bits per heavy atom. The zero-order valence-corrected chi connectivity index (χ0v) is 13.0. The molecule has 0 aliphatic carbocycles. The predicted octanol–water partition coefficient (Wildman–Crippen LogP) is 5.59. The van der Waals surface area contributed by atoms with Crippen LogP contribution in [-0.2, 0) is 0 Å². The van der Waals surface area contributed by atoms with E-state index in [1.165, 1.54) is 20.2 Å². The molecule has 106 valence electrons. The molecule has 0 fully saturated rings. The number of fused-ring (bicyclic) bond motifs is 3. The number of rotatable bonds is 2. The largest absolute Gasteiger partial charge is 0.289 e. The third-order valence-corrected chi connectivity index (χ3v) is 5.07. The van der Waals surface area contributed by atoms with Gasteiger partial charge in [-0.05, 0) is 37.3 Å². The predicted molar refractivity (Wildman–Crippen MR) is 93.9 cm³/mol. The topological polar surface area (TPSA) is 17.1 Å². The van der Waals surface area contributed by atoms with E-state index >= 15 is 0 Å². The van der Waals surface area contributed by atoms with Crippen molar-refractivity contribution >= 4 is 37.3 Å². The molecule has 1 nitrogen and oxygen atoms in total. The van der Waals surface area contributed by atoms with Crippen molar-refractivity contribution in [1.29, 1.82) is 0 Å². The first-order valence-electron chi connectivity index (χ1n) is 7.25. The van der Waals surface area contributed by atoms with Crippen LogP contribution in [0.1, 0.15) is 21.5 Å². The summed E-state index contributed by atoms with van der Waals surface area (Å²) in [7, 11) is 0. The average molecular weight is 302 g/mol. The Morgan fingerprint density at radius 1 is 0.773 bits per heavy atom. The second kappa shape index (κ2) is 5.08. The molecule has 0 radical (unpaired) electrons. The molecule has 4 rings (SSSR count). The fraction of sp³-hybridized carbons (Fsp3) is 0.0500. The van der Waals surface area contributed by atoms with Crippen LogP contribution in [0.25, 0.3) is 20.2 Å². The second-order valence-corrected chi connectivity index (χ2v) is 6.59. The summed E-state index contributed by atoms with van der Waals surface area (Å²) in [6.07, 6.45) is 0. The highest BCUT2D eigenvalue weighted by molar-refractivity contribution is 7.25. The number of aryl methyl sites for hydroxylation is 1. The van der Waals surface area contributed by atoms with Gasteiger partial charge in [-0.15, -0.1) is 11.3 Å². The first kappa shape index (κ1) is 13.2. The van der Waals surface area contributed by atoms with Crippen LogP contribution in [0.4, 0.5) is 0 Å². The Morgan fingerprint density at radius 3 is 2.41 bits per heavy atom. The van der Waals surface area contributed by atoms with Gasteiger partial charge in [0.2, 0.25) is 0 Å². The summed E-state index contributed by atoms with van der Waals surface area (Å²) in [6.45, 7) is 2.01. The van der Waals surface area contributed by atoms with Gasteiger partial charge in [-0.1, -0.05) is 42.0 Å². The van der Waals surface area contributed by atoms with Crippen LogP contribution < -0.4 is 0 Å². The molecule has 0 aliphatic heterocycles. The monoisotopic (exact) mass is 302 g/mol. The minimum atomic E-state index is 0.0841. The summed E-state index contributed by atoms with van der Waals surface area (Å²) in [4.78, 5) is 12.7. The maximum Gasteiger partial charge on any atom is 0.193 e. The number of benzene rings is 3. The quantitative estimate of drug-likeness (QED) is 0.441. The highest BCUT2D eigenvalue weighted by Crippen LogP contribution is 2.34. The number of carbonyl (C=O) groups excluding carboxylic acids is 1. The van der Waals surface area contributed by atoms with E-state index in [1.807, 2.05) is 49.4 Å². The Bertz CT molecular complexity index is 1010. The molecule has 0 N–H and O–H groups in total. The van der Waals surface area contributed by atoms with Gasteiger partial charge in [-0.25, -0.2) is 0 Å². The van der Waals surface area contributed by atoms with Gasteiger partial charge in [-0.3, -0.25) is 4.79 Å². The lowest BCUT2D eigenvalue weighted by Gasteiger charge is -2.03. The molecule has 0 spiro atoms. The van der Waals surface area contributed by atoms with Crippen molar-refractivity contribution in [3.8, 4) is 0 Å². The van der Waals surface area contributed by atoms with Crippen molar-refractivity contribution in [2.24, 2.45) is 0 Å². The number of hydrogen-bond donors (Lipinski definition) is 0. The maximum atomic E-state index is 12.7. The van der Waals surface area contributed by atoms with Crippen LogP contribution in [-0.4, -0.2) is 5.78 Å². The Balaban J connectivity index is 1.88. The molecule has 0 saturated heterocycles. The first-order chi connectivity index (χ1) is 10.7. The molecule has 22 heavy (non-hydrogen) atoms. The summed E-state index contributed by atoms with van der Waals surface area (Å²) in [5.74, 6) is 0.0841. The Labute approximate surface area is 132 Å². The van der Waals surface area contributed by atoms with Gasteiger partial charge in [0.25, 0.3) is 0 Å². The lowest BCUT2D eigenvalue weighted by Crippen LogP contribution is -2.01. The van der Waals surface area contributed by atoms with E-state index in [-0.39, 0.29) is 5.78 Å². The van der Waals surface area contributed by atoms with Crippen molar-refractivity contribution in [2.75, 3.05) is 0 Å². The third kappa shape index (κ3) is 2.13. The molecule has 0 unspecified atom stereocenters. The molecule has 0 atom stereocenters. The SMILES string of the molecule is Cc1cccc(C(=O)c2ccc3sc4ccccc4c3c2)c1. The van der Waals surface area contributed by atoms with Crippen molar-refractivity contribution < 1.29 is 4.79 Å². The van der Waals surface area contributed by atoms with Crippen LogP contribution in [0.2, 0.25) is 0 Å². The van der Waals surface area contributed by atoms with E-state index < -0.39 is 0 Å². The number of carbonyl (C=O) groups is 1. The van der Waals surface area contributed by atoms with Crippen molar-refractivity contribution in [2.45, 2.75) is 6.92 Å². The van der Waals surface area contributed by atoms with Crippen LogP contribution in [0, 0.1) is 6.92 Å². The van der Waals surface area contributed by atoms with Gasteiger partial charge in [-0.2, -0.15) is 0 Å². The minimum Gasteiger partial charge on any atom is -0.289 e. The van der Waals surface area contributed by atoms with E-state index in [0.717, 1.165) is 16.7 Å². The van der Waals surface area contributed by atoms with Crippen molar-refractivity contribution in [1.82, 2.24) is 0 Å². The van der Waals surface area contributed by atoms with E-state index in [0.29, 0.717) is 0 Å². The molecule has 0 aliphatic rings. The highest BCUT2D eigenvalue weighted by Gasteiger charge is 2.12. The summed E-state index contributed by atoms with van der Waals surface area (Å²) in [6, 6.07) is 22.1. The van der Waals surface area contributed by atoms with Gasteiger partial charge in [0.05, 0.1) is 0 Å². The van der Waals surface area contributed by atoms with Crippen molar-refractivity contribution in [3.63, 3.8) is 0 Å². The van der Waals surface area contributed by atoms with Crippen LogP contribution in [0.5, 0.6) is 0 Å². The molecule has 0 saturated carbocycles. The number of thiophene rings is 1. The number of hydrogen-bond acceptors (Lipinski definition) is 2. The molecular formula is C20H14OS. The van der Waals surface area contributed by atoms with E-state index in [2.05, 4.69) is 24.3 Å². The van der Waals surface area contributed by atoms with E-state index in [1.54, 1.807) is 11.3 Å². The normalized spacial score (nSPS) is 11.1. The van der Waals surface area contributed by atoms with Gasteiger partial charge in [0, 0.05) is 31.3 Å². The van der Waals surface area contributed by atoms with Gasteiger partial charge in [0.15, 0.2) is 5.78 Å². The molecule has 1 aromatic heterocycles. The smallest absolute Gasteiger partial charge is 0.193 e. The standard InChI is InChI=1S/C20H14OS/c1-13-5-4-6-14(11-13)20(21)15-9-10-19-17(12-15)16-7-2-3-8-18(16)22-19/h2-12H,1H3. The molecule has 4 aromatic rings. The van der Waals surface area contributed by atoms with Crippen molar-refractivity contribution in [3.05, 3.63) is 83.4 Å². The molecule has 0 amide bonds. The fourth-order valence-corrected chi connectivity index (χ4v) is 3.91. The zero-order chi connectivity index (χ0) is 15.1. The maximum absolute atomic E-state index is 12.7. The molecule has 2 heteroatoms. The van der Waals surface area contributed by atoms with Crippen LogP contribution in [0.15, 0.2) is 66.7 Å². The van der Waals surface area contributed by atoms with E-state index in [4.69, 9.17) is 0 Å². The minimum absolute atomic E-state index is 0.0841. The van der Waals surface area contributed by atoms with E-state index in [9.17, 15) is 4.79 Å². The highest BCUT2D eigenvalue weighted by atomic mass is 32.1. The zero-order valence-electron chi connectivity index (χ0n) is 12.2. The van der Waals surface area contributed by atoms with Crippen LogP contribution >= 0.6 is 11.3 Å². The summed E-state index contributed by atoms with van der Waals surface area (Å²) in [5.41, 5.74) is 2.61. The van der Waals surface area contributed by atoms with Gasteiger partial charge >= 0.3 is 0 Å². The average Bonchev–Trinajstić information content (AvgIpc) is 2.92. The Kier molecular flexibility index (Phi) is 3.05. The lowest BCUT2D eigenvalue weighted by molar-refractivity contribution is 0.103. The third-order valence-electron chi connectivity index (χ3n) is 3.92. The molecule has 3 aromatic carbocycles. The fourth-order valence-electron chi connectivity index (χ4n) is 2.82. The molecule has 0 bridgehead atoms. The second-order valence-electron chi connectivity index (χ2n) is 5.51. The lowest BCUT2D eigenvalue weighted by atomic mass is 10.00. The molecule has 1 heterocycles. The molecular weight excluding hydrogens is 288 g/mol.